The van der Waals surface area contributed by atoms with E-state index >= 15 is 0 Å². The number of allylic oxidation sites excluding steroid dienone is 6. The van der Waals surface area contributed by atoms with Crippen LogP contribution in [0.2, 0.25) is 0 Å². The van der Waals surface area contributed by atoms with Gasteiger partial charge < -0.3 is 9.84 Å². The van der Waals surface area contributed by atoms with Crippen molar-refractivity contribution in [3.05, 3.63) is 36.5 Å². The second-order valence-electron chi connectivity index (χ2n) is 11.0. The van der Waals surface area contributed by atoms with Crippen LogP contribution in [0.4, 0.5) is 0 Å². The highest BCUT2D eigenvalue weighted by molar-refractivity contribution is 5.69. The van der Waals surface area contributed by atoms with Crippen LogP contribution in [0.5, 0.6) is 0 Å². The fraction of sp³-hybridized carbons (Fsp3) is 0.771. The van der Waals surface area contributed by atoms with Crippen LogP contribution in [0, 0.1) is 0 Å². The van der Waals surface area contributed by atoms with Crippen molar-refractivity contribution >= 4 is 11.9 Å². The van der Waals surface area contributed by atoms with Crippen LogP contribution in [-0.4, -0.2) is 23.1 Å². The Morgan fingerprint density at radius 2 is 1.08 bits per heavy atom. The molecule has 226 valence electrons. The summed E-state index contributed by atoms with van der Waals surface area (Å²) >= 11 is 0. The maximum absolute atomic E-state index is 12.4. The zero-order valence-corrected chi connectivity index (χ0v) is 25.7. The van der Waals surface area contributed by atoms with Crippen molar-refractivity contribution in [2.45, 2.75) is 174 Å². The third-order valence-corrected chi connectivity index (χ3v) is 7.13. The molecule has 0 rings (SSSR count). The Bertz CT molecular complexity index is 635. The molecular formula is C35H62O4. The number of hydrogen-bond donors (Lipinski definition) is 1. The summed E-state index contributed by atoms with van der Waals surface area (Å²) in [6.45, 7) is 4.38. The van der Waals surface area contributed by atoms with Gasteiger partial charge in [-0.2, -0.15) is 0 Å². The van der Waals surface area contributed by atoms with Gasteiger partial charge in [0, 0.05) is 12.8 Å². The molecule has 0 aromatic heterocycles. The zero-order chi connectivity index (χ0) is 28.7. The molecule has 0 aromatic rings. The molecule has 0 radical (unpaired) electrons. The van der Waals surface area contributed by atoms with Gasteiger partial charge in [-0.3, -0.25) is 9.59 Å². The Morgan fingerprint density at radius 3 is 1.67 bits per heavy atom. The van der Waals surface area contributed by atoms with E-state index in [1.165, 1.54) is 57.8 Å². The largest absolute Gasteiger partial charge is 0.481 e. The Morgan fingerprint density at radius 1 is 0.590 bits per heavy atom. The number of esters is 1. The topological polar surface area (TPSA) is 63.6 Å². The summed E-state index contributed by atoms with van der Waals surface area (Å²) < 4.78 is 5.89. The molecule has 0 heterocycles. The molecule has 4 nitrogen and oxygen atoms in total. The van der Waals surface area contributed by atoms with E-state index in [1.807, 2.05) is 0 Å². The number of rotatable bonds is 29. The zero-order valence-electron chi connectivity index (χ0n) is 25.7. The first kappa shape index (κ1) is 37.2. The number of hydrogen-bond acceptors (Lipinski definition) is 3. The minimum atomic E-state index is -0.705. The number of unbranched alkanes of at least 4 members (excludes halogenated alkanes) is 14. The van der Waals surface area contributed by atoms with Crippen molar-refractivity contribution in [3.63, 3.8) is 0 Å². The molecular weight excluding hydrogens is 484 g/mol. The number of carbonyl (C=O) groups excluding carboxylic acids is 1. The highest BCUT2D eigenvalue weighted by atomic mass is 16.5. The van der Waals surface area contributed by atoms with Crippen LogP contribution < -0.4 is 0 Å². The Balaban J connectivity index is 3.82. The summed E-state index contributed by atoms with van der Waals surface area (Å²) in [5.74, 6) is -0.723. The summed E-state index contributed by atoms with van der Waals surface area (Å²) in [7, 11) is 0. The lowest BCUT2D eigenvalue weighted by Crippen LogP contribution is -2.18. The second-order valence-corrected chi connectivity index (χ2v) is 11.0. The molecule has 0 aliphatic heterocycles. The van der Waals surface area contributed by atoms with Gasteiger partial charge >= 0.3 is 11.9 Å². The first-order valence-electron chi connectivity index (χ1n) is 16.5. The Labute approximate surface area is 241 Å². The molecule has 1 unspecified atom stereocenters. The average molecular weight is 547 g/mol. The quantitative estimate of drug-likeness (QED) is 0.0575. The predicted octanol–water partition coefficient (Wildman–Crippen LogP) is 11.1. The number of carboxylic acids is 1. The predicted molar refractivity (Wildman–Crippen MR) is 167 cm³/mol. The third kappa shape index (κ3) is 30.6. The van der Waals surface area contributed by atoms with Crippen LogP contribution in [0.1, 0.15) is 168 Å². The van der Waals surface area contributed by atoms with Crippen molar-refractivity contribution in [1.29, 1.82) is 0 Å². The van der Waals surface area contributed by atoms with Crippen LogP contribution in [0.25, 0.3) is 0 Å². The van der Waals surface area contributed by atoms with E-state index in [0.29, 0.717) is 6.42 Å². The molecule has 1 N–H and O–H groups in total. The van der Waals surface area contributed by atoms with E-state index < -0.39 is 5.97 Å². The van der Waals surface area contributed by atoms with Gasteiger partial charge in [-0.15, -0.1) is 0 Å². The number of carboxylic acid groups (broad SMARTS) is 1. The van der Waals surface area contributed by atoms with Gasteiger partial charge in [0.1, 0.15) is 6.10 Å². The summed E-state index contributed by atoms with van der Waals surface area (Å²) in [5.41, 5.74) is 0. The smallest absolute Gasteiger partial charge is 0.306 e. The summed E-state index contributed by atoms with van der Waals surface area (Å²) in [6.07, 6.45) is 38.8. The van der Waals surface area contributed by atoms with E-state index in [9.17, 15) is 9.59 Å². The van der Waals surface area contributed by atoms with Crippen molar-refractivity contribution in [2.24, 2.45) is 0 Å². The van der Waals surface area contributed by atoms with Crippen molar-refractivity contribution < 1.29 is 19.4 Å². The van der Waals surface area contributed by atoms with E-state index in [4.69, 9.17) is 9.84 Å². The Hall–Kier alpha value is -1.84. The van der Waals surface area contributed by atoms with E-state index in [2.05, 4.69) is 50.3 Å². The first-order chi connectivity index (χ1) is 19.1. The molecule has 0 aliphatic carbocycles. The first-order valence-corrected chi connectivity index (χ1v) is 16.5. The van der Waals surface area contributed by atoms with Crippen molar-refractivity contribution in [3.8, 4) is 0 Å². The third-order valence-electron chi connectivity index (χ3n) is 7.13. The molecule has 0 aromatic carbocycles. The van der Waals surface area contributed by atoms with Gasteiger partial charge in [-0.1, -0.05) is 121 Å². The van der Waals surface area contributed by atoms with Crippen molar-refractivity contribution in [2.75, 3.05) is 0 Å². The molecule has 39 heavy (non-hydrogen) atoms. The molecule has 4 heteroatoms. The van der Waals surface area contributed by atoms with Crippen LogP contribution in [-0.2, 0) is 14.3 Å². The van der Waals surface area contributed by atoms with Gasteiger partial charge in [-0.05, 0) is 70.6 Å². The second kappa shape index (κ2) is 30.7. The van der Waals surface area contributed by atoms with Gasteiger partial charge in [0.2, 0.25) is 0 Å². The van der Waals surface area contributed by atoms with E-state index in [-0.39, 0.29) is 18.5 Å². The normalized spacial score (nSPS) is 12.7. The minimum absolute atomic E-state index is 0.0176. The lowest BCUT2D eigenvalue weighted by molar-refractivity contribution is -0.150. The summed E-state index contributed by atoms with van der Waals surface area (Å²) in [6, 6.07) is 0. The Kier molecular flexibility index (Phi) is 29.2. The molecule has 0 saturated carbocycles. The summed E-state index contributed by atoms with van der Waals surface area (Å²) in [5, 5.41) is 8.73. The highest BCUT2D eigenvalue weighted by Gasteiger charge is 2.14. The highest BCUT2D eigenvalue weighted by Crippen LogP contribution is 2.18. The number of carbonyl (C=O) groups is 2. The summed E-state index contributed by atoms with van der Waals surface area (Å²) in [4.78, 5) is 23.1. The molecule has 0 spiro atoms. The minimum Gasteiger partial charge on any atom is -0.481 e. The fourth-order valence-corrected chi connectivity index (χ4v) is 4.73. The van der Waals surface area contributed by atoms with Gasteiger partial charge in [0.15, 0.2) is 0 Å². The van der Waals surface area contributed by atoms with Crippen molar-refractivity contribution in [1.82, 2.24) is 0 Å². The van der Waals surface area contributed by atoms with E-state index in [1.54, 1.807) is 0 Å². The molecule has 1 atom stereocenters. The standard InChI is InChI=1S/C35H62O4/c1-3-5-7-9-10-11-12-13-14-15-16-17-18-19-20-24-28-32-35(38)39-33(29-25-8-6-4-2)30-26-22-21-23-27-31-34(36)37/h5,7,10-11,13-14,33H,3-4,6,8-9,12,15-32H2,1-2H3,(H,36,37)/b7-5-,11-10-,14-13-. The van der Waals surface area contributed by atoms with E-state index in [0.717, 1.165) is 83.5 Å². The maximum atomic E-state index is 12.4. The monoisotopic (exact) mass is 546 g/mol. The molecule has 0 aliphatic rings. The number of ether oxygens (including phenoxy) is 1. The van der Waals surface area contributed by atoms with Gasteiger partial charge in [-0.25, -0.2) is 0 Å². The maximum Gasteiger partial charge on any atom is 0.306 e. The van der Waals surface area contributed by atoms with Crippen LogP contribution in [0.3, 0.4) is 0 Å². The van der Waals surface area contributed by atoms with Gasteiger partial charge in [0.05, 0.1) is 0 Å². The molecule has 0 amide bonds. The number of aliphatic carboxylic acids is 1. The average Bonchev–Trinajstić information content (AvgIpc) is 2.91. The molecule has 0 fully saturated rings. The lowest BCUT2D eigenvalue weighted by atomic mass is 10.0. The SMILES string of the molecule is CC/C=C\C/C=C\C/C=C\CCCCCCCCCC(=O)OC(CCCCCC)CCCCCCCC(=O)O. The molecule has 0 bridgehead atoms. The van der Waals surface area contributed by atoms with Gasteiger partial charge in [0.25, 0.3) is 0 Å². The molecule has 0 saturated heterocycles. The van der Waals surface area contributed by atoms with Crippen LogP contribution >= 0.6 is 0 Å². The fourth-order valence-electron chi connectivity index (χ4n) is 4.73. The lowest BCUT2D eigenvalue weighted by Gasteiger charge is -2.18. The van der Waals surface area contributed by atoms with Crippen LogP contribution in [0.15, 0.2) is 36.5 Å².